The predicted octanol–water partition coefficient (Wildman–Crippen LogP) is -0.399. The van der Waals surface area contributed by atoms with E-state index >= 15 is 0 Å². The normalized spacial score (nSPS) is 41.5. The molecule has 0 amide bonds. The highest BCUT2D eigenvalue weighted by atomic mass is 16.8. The van der Waals surface area contributed by atoms with E-state index in [1.165, 1.54) is 26.6 Å². The topological polar surface area (TPSA) is 180 Å². The molecule has 2 saturated heterocycles. The zero-order valence-electron chi connectivity index (χ0n) is 22.9. The number of carbonyl (C=O) groups excluding carboxylic acids is 2. The molecule has 3 aliphatic heterocycles. The summed E-state index contributed by atoms with van der Waals surface area (Å²) >= 11 is 0. The summed E-state index contributed by atoms with van der Waals surface area (Å²) < 4.78 is 39.1. The molecule has 0 spiro atoms. The molecule has 12 unspecified atom stereocenters. The number of esters is 2. The summed E-state index contributed by atoms with van der Waals surface area (Å²) in [6, 6.07) is 0. The number of methoxy groups -OCH3 is 2. The number of fused-ring (bicyclic) bond motifs is 1. The molecule has 0 aromatic heterocycles. The van der Waals surface area contributed by atoms with Crippen LogP contribution >= 0.6 is 0 Å². The van der Waals surface area contributed by atoms with Crippen molar-refractivity contribution in [2.24, 2.45) is 29.6 Å². The smallest absolute Gasteiger partial charge is 0.337 e. The Morgan fingerprint density at radius 1 is 1.18 bits per heavy atom. The van der Waals surface area contributed by atoms with Gasteiger partial charge in [-0.2, -0.15) is 0 Å². The zero-order chi connectivity index (χ0) is 29.1. The van der Waals surface area contributed by atoms with Crippen LogP contribution in [-0.4, -0.2) is 109 Å². The minimum Gasteiger partial charge on any atom is -0.471 e. The van der Waals surface area contributed by atoms with E-state index in [-0.39, 0.29) is 35.7 Å². The zero-order valence-corrected chi connectivity index (χ0v) is 22.9. The second kappa shape index (κ2) is 13.3. The maximum Gasteiger partial charge on any atom is 0.337 e. The molecule has 4 rings (SSSR count). The average Bonchev–Trinajstić information content (AvgIpc) is 3.25. The first kappa shape index (κ1) is 30.8. The number of hydrogen-bond donors (Lipinski definition) is 4. The monoisotopic (exact) mass is 572 g/mol. The third kappa shape index (κ3) is 6.21. The van der Waals surface area contributed by atoms with Crippen molar-refractivity contribution in [1.82, 2.24) is 0 Å². The van der Waals surface area contributed by atoms with Crippen LogP contribution in [-0.2, 0) is 42.7 Å². The first-order chi connectivity index (χ1) is 19.1. The summed E-state index contributed by atoms with van der Waals surface area (Å²) in [4.78, 5) is 25.3. The van der Waals surface area contributed by atoms with Gasteiger partial charge in [-0.3, -0.25) is 4.79 Å². The molecule has 0 bridgehead atoms. The molecule has 13 nitrogen and oxygen atoms in total. The number of aliphatic hydroxyl groups excluding tert-OH is 4. The fourth-order valence-electron chi connectivity index (χ4n) is 6.14. The van der Waals surface area contributed by atoms with Gasteiger partial charge in [0.1, 0.15) is 30.5 Å². The van der Waals surface area contributed by atoms with E-state index in [0.717, 1.165) is 0 Å². The first-order valence-electron chi connectivity index (χ1n) is 13.5. The molecule has 4 N–H and O–H groups in total. The lowest BCUT2D eigenvalue weighted by molar-refractivity contribution is -0.339. The standard InChI is InChI=1S/C27H40O13/c1-5-14-15(8-21(34-3)35-4)17(25(33)38-18-6-13-7-20(29)36-10-16(13)12(18)2)11-37-26(14)40-27-24(32)23(31)22(30)19(9-28)39-27/h5,11-16,18-19,21-24,26-28,30-32H,1,6-10H2,2-4H3. The van der Waals surface area contributed by atoms with Crippen LogP contribution in [0.15, 0.2) is 24.5 Å². The van der Waals surface area contributed by atoms with Gasteiger partial charge in [-0.25, -0.2) is 4.79 Å². The molecular weight excluding hydrogens is 532 g/mol. The van der Waals surface area contributed by atoms with E-state index in [0.29, 0.717) is 19.4 Å². The van der Waals surface area contributed by atoms with Gasteiger partial charge in [0.15, 0.2) is 12.6 Å². The van der Waals surface area contributed by atoms with Crippen LogP contribution in [0.2, 0.25) is 0 Å². The van der Waals surface area contributed by atoms with Crippen LogP contribution in [0.1, 0.15) is 26.2 Å². The van der Waals surface area contributed by atoms with Gasteiger partial charge in [0.25, 0.3) is 0 Å². The van der Waals surface area contributed by atoms with Gasteiger partial charge >= 0.3 is 11.9 Å². The molecule has 1 aliphatic carbocycles. The third-order valence-corrected chi connectivity index (χ3v) is 8.63. The van der Waals surface area contributed by atoms with E-state index in [1.54, 1.807) is 0 Å². The van der Waals surface area contributed by atoms with Crippen molar-refractivity contribution >= 4 is 11.9 Å². The van der Waals surface area contributed by atoms with Crippen molar-refractivity contribution in [3.05, 3.63) is 24.5 Å². The third-order valence-electron chi connectivity index (χ3n) is 8.63. The summed E-state index contributed by atoms with van der Waals surface area (Å²) in [7, 11) is 2.93. The van der Waals surface area contributed by atoms with Crippen LogP contribution in [0.3, 0.4) is 0 Å². The maximum absolute atomic E-state index is 13.5. The number of hydrogen-bond acceptors (Lipinski definition) is 13. The minimum absolute atomic E-state index is 0.00576. The van der Waals surface area contributed by atoms with Crippen LogP contribution < -0.4 is 0 Å². The SMILES string of the molecule is C=CC1C(OC2OC(CO)C(O)C(O)C2O)OC=C(C(=O)OC2CC3CC(=O)OCC3C2C)C1CC(OC)OC. The predicted molar refractivity (Wildman–Crippen MR) is 134 cm³/mol. The summed E-state index contributed by atoms with van der Waals surface area (Å²) in [5.74, 6) is -1.96. The van der Waals surface area contributed by atoms with E-state index in [4.69, 9.17) is 33.2 Å². The molecule has 3 fully saturated rings. The lowest BCUT2D eigenvalue weighted by Crippen LogP contribution is -2.60. The summed E-state index contributed by atoms with van der Waals surface area (Å²) in [5.41, 5.74) is 0.201. The molecule has 13 heteroatoms. The fraction of sp³-hybridized carbons (Fsp3) is 0.778. The molecular formula is C27H40O13. The second-order valence-corrected chi connectivity index (χ2v) is 10.8. The molecule has 1 saturated carbocycles. The van der Waals surface area contributed by atoms with Gasteiger partial charge in [-0.15, -0.1) is 6.58 Å². The first-order valence-corrected chi connectivity index (χ1v) is 13.5. The van der Waals surface area contributed by atoms with Gasteiger partial charge in [0.2, 0.25) is 6.29 Å². The van der Waals surface area contributed by atoms with Crippen molar-refractivity contribution in [3.8, 4) is 0 Å². The highest BCUT2D eigenvalue weighted by Gasteiger charge is 2.50. The second-order valence-electron chi connectivity index (χ2n) is 10.8. The Morgan fingerprint density at radius 3 is 2.55 bits per heavy atom. The quantitative estimate of drug-likeness (QED) is 0.151. The van der Waals surface area contributed by atoms with E-state index in [9.17, 15) is 30.0 Å². The molecule has 0 aromatic rings. The van der Waals surface area contributed by atoms with Crippen molar-refractivity contribution in [3.63, 3.8) is 0 Å². The highest BCUT2D eigenvalue weighted by Crippen LogP contribution is 2.44. The Morgan fingerprint density at radius 2 is 1.90 bits per heavy atom. The Kier molecular flexibility index (Phi) is 10.2. The van der Waals surface area contributed by atoms with Gasteiger partial charge in [0, 0.05) is 44.8 Å². The van der Waals surface area contributed by atoms with Gasteiger partial charge in [0.05, 0.1) is 25.0 Å². The number of ether oxygens (including phenoxy) is 7. The Balaban J connectivity index is 1.53. The minimum atomic E-state index is -1.64. The highest BCUT2D eigenvalue weighted by molar-refractivity contribution is 5.89. The lowest BCUT2D eigenvalue weighted by atomic mass is 9.81. The average molecular weight is 573 g/mol. The Bertz CT molecular complexity index is 933. The van der Waals surface area contributed by atoms with Crippen molar-refractivity contribution in [2.45, 2.75) is 75.6 Å². The number of rotatable bonds is 10. The van der Waals surface area contributed by atoms with Crippen molar-refractivity contribution < 1.29 is 63.2 Å². The number of carbonyl (C=O) groups is 2. The fourth-order valence-corrected chi connectivity index (χ4v) is 6.14. The van der Waals surface area contributed by atoms with Gasteiger partial charge < -0.3 is 53.6 Å². The molecule has 3 heterocycles. The summed E-state index contributed by atoms with van der Waals surface area (Å²) in [6.45, 7) is 5.55. The molecule has 0 aromatic carbocycles. The molecule has 12 atom stereocenters. The van der Waals surface area contributed by atoms with Crippen molar-refractivity contribution in [1.29, 1.82) is 0 Å². The van der Waals surface area contributed by atoms with Crippen LogP contribution in [0, 0.1) is 29.6 Å². The van der Waals surface area contributed by atoms with Crippen LogP contribution in [0.5, 0.6) is 0 Å². The molecule has 4 aliphatic rings. The molecule has 226 valence electrons. The summed E-state index contributed by atoms with van der Waals surface area (Å²) in [5, 5.41) is 40.2. The van der Waals surface area contributed by atoms with Gasteiger partial charge in [-0.05, 0) is 18.3 Å². The van der Waals surface area contributed by atoms with Gasteiger partial charge in [-0.1, -0.05) is 13.0 Å². The lowest BCUT2D eigenvalue weighted by Gasteiger charge is -2.43. The van der Waals surface area contributed by atoms with E-state index in [2.05, 4.69) is 6.58 Å². The van der Waals surface area contributed by atoms with Crippen LogP contribution in [0.4, 0.5) is 0 Å². The Labute approximate surface area is 232 Å². The maximum atomic E-state index is 13.5. The van der Waals surface area contributed by atoms with Crippen LogP contribution in [0.25, 0.3) is 0 Å². The number of cyclic esters (lactones) is 1. The van der Waals surface area contributed by atoms with Crippen molar-refractivity contribution in [2.75, 3.05) is 27.4 Å². The summed E-state index contributed by atoms with van der Waals surface area (Å²) in [6.07, 6.45) is -5.91. The largest absolute Gasteiger partial charge is 0.471 e. The van der Waals surface area contributed by atoms with E-state index < -0.39 is 73.8 Å². The van der Waals surface area contributed by atoms with E-state index in [1.807, 2.05) is 6.92 Å². The number of aliphatic hydroxyl groups is 4. The Hall–Kier alpha value is -2.10. The molecule has 40 heavy (non-hydrogen) atoms. The molecule has 0 radical (unpaired) electrons.